The highest BCUT2D eigenvalue weighted by Crippen LogP contribution is 2.44. The van der Waals surface area contributed by atoms with Gasteiger partial charge in [0.1, 0.15) is 34.7 Å². The zero-order valence-corrected chi connectivity index (χ0v) is 14.1. The Morgan fingerprint density at radius 1 is 1.20 bits per heavy atom. The Balaban J connectivity index is 1.98. The Morgan fingerprint density at radius 3 is 2.52 bits per heavy atom. The minimum atomic E-state index is -0.525. The van der Waals surface area contributed by atoms with Crippen LogP contribution in [0.15, 0.2) is 42.0 Å². The van der Waals surface area contributed by atoms with Gasteiger partial charge in [0, 0.05) is 11.6 Å². The van der Waals surface area contributed by atoms with Crippen LogP contribution >= 0.6 is 0 Å². The Hall–Kier alpha value is -2.95. The number of carbonyl (C=O) groups excluding carboxylic acids is 1. The van der Waals surface area contributed by atoms with Gasteiger partial charge in [-0.2, -0.15) is 0 Å². The van der Waals surface area contributed by atoms with Crippen LogP contribution in [-0.4, -0.2) is 21.1 Å². The van der Waals surface area contributed by atoms with Crippen molar-refractivity contribution in [1.82, 2.24) is 0 Å². The molecule has 0 aromatic heterocycles. The summed E-state index contributed by atoms with van der Waals surface area (Å²) in [4.78, 5) is 12.6. The second-order valence-corrected chi connectivity index (χ2v) is 6.41. The number of carbonyl (C=O) groups is 1. The molecule has 5 heteroatoms. The predicted molar refractivity (Wildman–Crippen MR) is 93.3 cm³/mol. The Bertz CT molecular complexity index is 845. The molecule has 2 aromatic rings. The third-order valence-corrected chi connectivity index (χ3v) is 4.24. The minimum Gasteiger partial charge on any atom is -0.508 e. The van der Waals surface area contributed by atoms with Gasteiger partial charge in [-0.3, -0.25) is 4.79 Å². The SMILES string of the molecule is CC(C)=CCc1c(O)cc2c(c1O)C(=O)C[C@H](c1ccc(O)cc1)O2. The van der Waals surface area contributed by atoms with Crippen molar-refractivity contribution in [2.45, 2.75) is 32.8 Å². The lowest BCUT2D eigenvalue weighted by atomic mass is 9.93. The molecule has 0 radical (unpaired) electrons. The van der Waals surface area contributed by atoms with Crippen molar-refractivity contribution >= 4 is 5.78 Å². The van der Waals surface area contributed by atoms with E-state index in [-0.39, 0.29) is 40.8 Å². The maximum atomic E-state index is 12.6. The van der Waals surface area contributed by atoms with Gasteiger partial charge < -0.3 is 20.1 Å². The van der Waals surface area contributed by atoms with Crippen LogP contribution in [-0.2, 0) is 6.42 Å². The van der Waals surface area contributed by atoms with E-state index in [1.54, 1.807) is 12.1 Å². The zero-order valence-electron chi connectivity index (χ0n) is 14.1. The van der Waals surface area contributed by atoms with Gasteiger partial charge in [-0.25, -0.2) is 0 Å². The molecule has 1 aliphatic rings. The lowest BCUT2D eigenvalue weighted by Crippen LogP contribution is -2.20. The predicted octanol–water partition coefficient (Wildman–Crippen LogP) is 4.02. The van der Waals surface area contributed by atoms with Gasteiger partial charge in [0.15, 0.2) is 5.78 Å². The van der Waals surface area contributed by atoms with E-state index < -0.39 is 6.10 Å². The molecule has 3 rings (SSSR count). The number of allylic oxidation sites excluding steroid dienone is 2. The first kappa shape index (κ1) is 16.9. The standard InChI is InChI=1S/C20H20O5/c1-11(2)3-8-14-15(22)9-18-19(20(14)24)16(23)10-17(25-18)12-4-6-13(21)7-5-12/h3-7,9,17,21-22,24H,8,10H2,1-2H3/t17-/m1/s1. The number of benzene rings is 2. The van der Waals surface area contributed by atoms with Crippen molar-refractivity contribution in [3.05, 3.63) is 58.7 Å². The van der Waals surface area contributed by atoms with Crippen molar-refractivity contribution in [2.24, 2.45) is 0 Å². The third-order valence-electron chi connectivity index (χ3n) is 4.24. The highest BCUT2D eigenvalue weighted by atomic mass is 16.5. The summed E-state index contributed by atoms with van der Waals surface area (Å²) in [5.41, 5.74) is 2.22. The molecule has 0 bridgehead atoms. The number of aromatic hydroxyl groups is 3. The largest absolute Gasteiger partial charge is 0.508 e. The van der Waals surface area contributed by atoms with E-state index in [4.69, 9.17) is 4.74 Å². The maximum absolute atomic E-state index is 12.6. The highest BCUT2D eigenvalue weighted by molar-refractivity contribution is 6.03. The average molecular weight is 340 g/mol. The number of ketones is 1. The van der Waals surface area contributed by atoms with Crippen LogP contribution in [0.25, 0.3) is 0 Å². The number of rotatable bonds is 3. The van der Waals surface area contributed by atoms with Crippen LogP contribution in [0.5, 0.6) is 23.0 Å². The highest BCUT2D eigenvalue weighted by Gasteiger charge is 2.32. The molecule has 25 heavy (non-hydrogen) atoms. The van der Waals surface area contributed by atoms with E-state index >= 15 is 0 Å². The minimum absolute atomic E-state index is 0.0815. The molecule has 0 spiro atoms. The Morgan fingerprint density at radius 2 is 1.88 bits per heavy atom. The molecule has 130 valence electrons. The number of Topliss-reactive ketones (excluding diaryl/α,β-unsaturated/α-hetero) is 1. The van der Waals surface area contributed by atoms with Gasteiger partial charge in [-0.15, -0.1) is 0 Å². The molecule has 1 heterocycles. The fourth-order valence-corrected chi connectivity index (χ4v) is 2.88. The van der Waals surface area contributed by atoms with Gasteiger partial charge in [-0.05, 0) is 38.0 Å². The van der Waals surface area contributed by atoms with Crippen LogP contribution in [0.4, 0.5) is 0 Å². The lowest BCUT2D eigenvalue weighted by molar-refractivity contribution is 0.0844. The topological polar surface area (TPSA) is 87.0 Å². The van der Waals surface area contributed by atoms with Crippen LogP contribution in [0.2, 0.25) is 0 Å². The Labute approximate surface area is 145 Å². The summed E-state index contributed by atoms with van der Waals surface area (Å²) in [6, 6.07) is 7.79. The summed E-state index contributed by atoms with van der Waals surface area (Å²) in [6.07, 6.45) is 1.76. The molecule has 1 aliphatic heterocycles. The molecular formula is C20H20O5. The van der Waals surface area contributed by atoms with E-state index in [1.165, 1.54) is 18.2 Å². The third kappa shape index (κ3) is 3.31. The summed E-state index contributed by atoms with van der Waals surface area (Å²) in [6.45, 7) is 3.84. The normalized spacial score (nSPS) is 16.1. The maximum Gasteiger partial charge on any atom is 0.174 e. The molecule has 2 aromatic carbocycles. The second kappa shape index (κ2) is 6.51. The number of hydrogen-bond donors (Lipinski definition) is 3. The number of hydrogen-bond acceptors (Lipinski definition) is 5. The van der Waals surface area contributed by atoms with Crippen molar-refractivity contribution in [2.75, 3.05) is 0 Å². The summed E-state index contributed by atoms with van der Waals surface area (Å²) < 4.78 is 5.83. The Kier molecular flexibility index (Phi) is 4.40. The number of fused-ring (bicyclic) bond motifs is 1. The molecule has 0 amide bonds. The quantitative estimate of drug-likeness (QED) is 0.735. The molecule has 0 saturated carbocycles. The fourth-order valence-electron chi connectivity index (χ4n) is 2.88. The smallest absolute Gasteiger partial charge is 0.174 e. The molecule has 0 fully saturated rings. The van der Waals surface area contributed by atoms with Crippen LogP contribution in [0, 0.1) is 0 Å². The molecule has 5 nitrogen and oxygen atoms in total. The van der Waals surface area contributed by atoms with Crippen LogP contribution in [0.3, 0.4) is 0 Å². The molecule has 0 saturated heterocycles. The van der Waals surface area contributed by atoms with Crippen LogP contribution in [0.1, 0.15) is 47.9 Å². The molecular weight excluding hydrogens is 320 g/mol. The summed E-state index contributed by atoms with van der Waals surface area (Å²) in [5.74, 6) is -0.263. The van der Waals surface area contributed by atoms with Crippen LogP contribution < -0.4 is 4.74 Å². The first-order chi connectivity index (χ1) is 11.9. The van der Waals surface area contributed by atoms with E-state index in [0.29, 0.717) is 12.0 Å². The first-order valence-corrected chi connectivity index (χ1v) is 8.06. The summed E-state index contributed by atoms with van der Waals surface area (Å²) in [7, 11) is 0. The molecule has 3 N–H and O–H groups in total. The lowest BCUT2D eigenvalue weighted by Gasteiger charge is -2.27. The van der Waals surface area contributed by atoms with Gasteiger partial charge in [-0.1, -0.05) is 23.8 Å². The van der Waals surface area contributed by atoms with E-state index in [2.05, 4.69) is 0 Å². The van der Waals surface area contributed by atoms with Gasteiger partial charge in [0.2, 0.25) is 0 Å². The summed E-state index contributed by atoms with van der Waals surface area (Å²) in [5, 5.41) is 30.1. The monoisotopic (exact) mass is 340 g/mol. The average Bonchev–Trinajstić information content (AvgIpc) is 2.54. The fraction of sp³-hybridized carbons (Fsp3) is 0.250. The van der Waals surface area contributed by atoms with Gasteiger partial charge in [0.25, 0.3) is 0 Å². The molecule has 0 aliphatic carbocycles. The number of phenols is 3. The molecule has 0 unspecified atom stereocenters. The van der Waals surface area contributed by atoms with E-state index in [9.17, 15) is 20.1 Å². The molecule has 1 atom stereocenters. The van der Waals surface area contributed by atoms with Gasteiger partial charge >= 0.3 is 0 Å². The van der Waals surface area contributed by atoms with Crippen molar-refractivity contribution < 1.29 is 24.9 Å². The van der Waals surface area contributed by atoms with Crippen molar-refractivity contribution in [3.63, 3.8) is 0 Å². The van der Waals surface area contributed by atoms with Gasteiger partial charge in [0.05, 0.1) is 6.42 Å². The first-order valence-electron chi connectivity index (χ1n) is 8.06. The second-order valence-electron chi connectivity index (χ2n) is 6.41. The number of phenolic OH excluding ortho intramolecular Hbond substituents is 3. The van der Waals surface area contributed by atoms with E-state index in [0.717, 1.165) is 11.1 Å². The zero-order chi connectivity index (χ0) is 18.1. The van der Waals surface area contributed by atoms with Crippen molar-refractivity contribution in [3.8, 4) is 23.0 Å². The summed E-state index contributed by atoms with van der Waals surface area (Å²) >= 11 is 0. The number of ether oxygens (including phenoxy) is 1. The van der Waals surface area contributed by atoms with Crippen molar-refractivity contribution in [1.29, 1.82) is 0 Å². The van der Waals surface area contributed by atoms with E-state index in [1.807, 2.05) is 19.9 Å².